The zero-order chi connectivity index (χ0) is 10.3. The van der Waals surface area contributed by atoms with E-state index < -0.39 is 6.04 Å². The summed E-state index contributed by atoms with van der Waals surface area (Å²) >= 11 is 9.22. The van der Waals surface area contributed by atoms with Crippen LogP contribution in [0.4, 0.5) is 5.69 Å². The molecule has 0 aliphatic carbocycles. The molecular formula is C9H8BrClN2O. The number of benzene rings is 1. The van der Waals surface area contributed by atoms with E-state index in [2.05, 4.69) is 21.2 Å². The Hall–Kier alpha value is -0.580. The molecule has 74 valence electrons. The van der Waals surface area contributed by atoms with Crippen molar-refractivity contribution in [3.8, 4) is 0 Å². The largest absolute Gasteiger partial charge is 0.324 e. The summed E-state index contributed by atoms with van der Waals surface area (Å²) < 4.78 is 0.821. The molecule has 0 fully saturated rings. The molecular weight excluding hydrogens is 267 g/mol. The van der Waals surface area contributed by atoms with E-state index in [4.69, 9.17) is 17.3 Å². The Morgan fingerprint density at radius 2 is 2.29 bits per heavy atom. The topological polar surface area (TPSA) is 55.1 Å². The van der Waals surface area contributed by atoms with Crippen molar-refractivity contribution in [2.24, 2.45) is 5.73 Å². The molecule has 0 saturated heterocycles. The molecule has 0 spiro atoms. The number of hydrogen-bond acceptors (Lipinski definition) is 2. The molecule has 1 amide bonds. The van der Waals surface area contributed by atoms with Gasteiger partial charge in [-0.25, -0.2) is 0 Å². The van der Waals surface area contributed by atoms with Crippen LogP contribution < -0.4 is 11.1 Å². The van der Waals surface area contributed by atoms with E-state index in [1.165, 1.54) is 0 Å². The third-order valence-electron chi connectivity index (χ3n) is 2.18. The Balaban J connectivity index is 2.47. The lowest BCUT2D eigenvalue weighted by Crippen LogP contribution is -2.41. The van der Waals surface area contributed by atoms with Crippen LogP contribution >= 0.6 is 27.5 Å². The quantitative estimate of drug-likeness (QED) is 0.760. The highest BCUT2D eigenvalue weighted by molar-refractivity contribution is 9.10. The fraction of sp³-hybridized carbons (Fsp3) is 0.222. The van der Waals surface area contributed by atoms with E-state index >= 15 is 0 Å². The Bertz CT molecular complexity index is 408. The van der Waals surface area contributed by atoms with Gasteiger partial charge in [-0.1, -0.05) is 11.6 Å². The first-order chi connectivity index (χ1) is 6.58. The van der Waals surface area contributed by atoms with Crippen LogP contribution in [0.3, 0.4) is 0 Å². The number of nitrogens with two attached hydrogens (primary N) is 1. The van der Waals surface area contributed by atoms with Gasteiger partial charge in [-0.3, -0.25) is 4.79 Å². The molecule has 1 aromatic carbocycles. The summed E-state index contributed by atoms with van der Waals surface area (Å²) in [6, 6.07) is 3.15. The van der Waals surface area contributed by atoms with Crippen molar-refractivity contribution >= 4 is 39.1 Å². The number of hydrogen-bond donors (Lipinski definition) is 2. The average molecular weight is 276 g/mol. The monoisotopic (exact) mass is 274 g/mol. The van der Waals surface area contributed by atoms with Crippen LogP contribution in [0.2, 0.25) is 5.02 Å². The zero-order valence-electron chi connectivity index (χ0n) is 7.18. The Morgan fingerprint density at radius 3 is 3.00 bits per heavy atom. The number of amides is 1. The van der Waals surface area contributed by atoms with Crippen LogP contribution in [0.25, 0.3) is 0 Å². The Morgan fingerprint density at radius 1 is 1.57 bits per heavy atom. The maximum Gasteiger partial charge on any atom is 0.241 e. The molecule has 3 nitrogen and oxygen atoms in total. The number of halogens is 2. The van der Waals surface area contributed by atoms with Gasteiger partial charge < -0.3 is 11.1 Å². The first-order valence-electron chi connectivity index (χ1n) is 4.12. The van der Waals surface area contributed by atoms with Gasteiger partial charge in [-0.2, -0.15) is 0 Å². The predicted molar refractivity (Wildman–Crippen MR) is 59.5 cm³/mol. The molecule has 0 radical (unpaired) electrons. The summed E-state index contributed by atoms with van der Waals surface area (Å²) in [7, 11) is 0. The molecule has 1 unspecified atom stereocenters. The molecule has 3 N–H and O–H groups in total. The van der Waals surface area contributed by atoms with Crippen LogP contribution in [-0.4, -0.2) is 11.9 Å². The van der Waals surface area contributed by atoms with Gasteiger partial charge in [0.1, 0.15) is 0 Å². The summed E-state index contributed by atoms with van der Waals surface area (Å²) in [6.45, 7) is 0. The van der Waals surface area contributed by atoms with Crippen LogP contribution in [0.1, 0.15) is 5.56 Å². The van der Waals surface area contributed by atoms with Gasteiger partial charge >= 0.3 is 0 Å². The van der Waals surface area contributed by atoms with Gasteiger partial charge in [0, 0.05) is 10.2 Å². The maximum absolute atomic E-state index is 11.3. The normalized spacial score (nSPS) is 20.2. The van der Waals surface area contributed by atoms with Gasteiger partial charge in [-0.15, -0.1) is 0 Å². The van der Waals surface area contributed by atoms with E-state index in [-0.39, 0.29) is 5.91 Å². The smallest absolute Gasteiger partial charge is 0.241 e. The molecule has 14 heavy (non-hydrogen) atoms. The molecule has 1 aliphatic rings. The summed E-state index contributed by atoms with van der Waals surface area (Å²) in [4.78, 5) is 11.3. The molecule has 1 aromatic rings. The minimum atomic E-state index is -0.462. The van der Waals surface area contributed by atoms with E-state index in [1.54, 1.807) is 6.07 Å². The standard InChI is InChI=1S/C9H8BrClN2O/c10-5-1-4-2-7(12)9(14)13-8(4)3-6(5)11/h1,3,7H,2,12H2,(H,13,14). The van der Waals surface area contributed by atoms with Gasteiger partial charge in [0.15, 0.2) is 0 Å². The van der Waals surface area contributed by atoms with E-state index in [0.717, 1.165) is 15.7 Å². The van der Waals surface area contributed by atoms with Crippen LogP contribution in [0.5, 0.6) is 0 Å². The molecule has 5 heteroatoms. The second-order valence-electron chi connectivity index (χ2n) is 3.22. The minimum absolute atomic E-state index is 0.157. The molecule has 0 aromatic heterocycles. The zero-order valence-corrected chi connectivity index (χ0v) is 9.52. The number of nitrogens with one attached hydrogen (secondary N) is 1. The summed E-state index contributed by atoms with van der Waals surface area (Å²) in [5.41, 5.74) is 7.38. The predicted octanol–water partition coefficient (Wildman–Crippen LogP) is 1.92. The van der Waals surface area contributed by atoms with Crippen molar-refractivity contribution in [3.63, 3.8) is 0 Å². The number of carbonyl (C=O) groups is 1. The number of carbonyl (C=O) groups excluding carboxylic acids is 1. The highest BCUT2D eigenvalue weighted by Crippen LogP contribution is 2.31. The molecule has 0 saturated carbocycles. The van der Waals surface area contributed by atoms with Crippen LogP contribution in [0.15, 0.2) is 16.6 Å². The molecule has 0 bridgehead atoms. The first-order valence-corrected chi connectivity index (χ1v) is 5.29. The molecule has 1 heterocycles. The summed E-state index contributed by atoms with van der Waals surface area (Å²) in [5.74, 6) is -0.157. The van der Waals surface area contributed by atoms with E-state index in [0.29, 0.717) is 11.4 Å². The second-order valence-corrected chi connectivity index (χ2v) is 4.48. The summed E-state index contributed by atoms with van der Waals surface area (Å²) in [6.07, 6.45) is 0.553. The molecule has 1 aliphatic heterocycles. The maximum atomic E-state index is 11.3. The number of anilines is 1. The molecule has 1 atom stereocenters. The Kier molecular flexibility index (Phi) is 2.51. The van der Waals surface area contributed by atoms with Gasteiger partial charge in [0.25, 0.3) is 0 Å². The lowest BCUT2D eigenvalue weighted by atomic mass is 10.00. The van der Waals surface area contributed by atoms with Crippen molar-refractivity contribution in [3.05, 3.63) is 27.2 Å². The van der Waals surface area contributed by atoms with E-state index in [9.17, 15) is 4.79 Å². The van der Waals surface area contributed by atoms with Crippen molar-refractivity contribution in [2.45, 2.75) is 12.5 Å². The van der Waals surface area contributed by atoms with Gasteiger partial charge in [0.05, 0.1) is 11.1 Å². The minimum Gasteiger partial charge on any atom is -0.324 e. The average Bonchev–Trinajstić information content (AvgIpc) is 2.11. The third kappa shape index (κ3) is 1.65. The summed E-state index contributed by atoms with van der Waals surface area (Å²) in [5, 5.41) is 3.29. The fourth-order valence-electron chi connectivity index (χ4n) is 1.43. The fourth-order valence-corrected chi connectivity index (χ4v) is 1.98. The number of rotatable bonds is 0. The lowest BCUT2D eigenvalue weighted by molar-refractivity contribution is -0.117. The highest BCUT2D eigenvalue weighted by Gasteiger charge is 2.23. The number of fused-ring (bicyclic) bond motifs is 1. The van der Waals surface area contributed by atoms with Crippen molar-refractivity contribution in [2.75, 3.05) is 5.32 Å². The highest BCUT2D eigenvalue weighted by atomic mass is 79.9. The SMILES string of the molecule is NC1Cc2cc(Br)c(Cl)cc2NC1=O. The molecule has 2 rings (SSSR count). The van der Waals surface area contributed by atoms with Crippen LogP contribution in [-0.2, 0) is 11.2 Å². The third-order valence-corrected chi connectivity index (χ3v) is 3.38. The van der Waals surface area contributed by atoms with Gasteiger partial charge in [0.2, 0.25) is 5.91 Å². The Labute approximate surface area is 94.7 Å². The van der Waals surface area contributed by atoms with Gasteiger partial charge in [-0.05, 0) is 40.0 Å². The van der Waals surface area contributed by atoms with Crippen LogP contribution in [0, 0.1) is 0 Å². The first kappa shape index (κ1) is 9.96. The van der Waals surface area contributed by atoms with Crippen molar-refractivity contribution in [1.82, 2.24) is 0 Å². The van der Waals surface area contributed by atoms with Crippen molar-refractivity contribution < 1.29 is 4.79 Å². The van der Waals surface area contributed by atoms with Crippen molar-refractivity contribution in [1.29, 1.82) is 0 Å². The van der Waals surface area contributed by atoms with E-state index in [1.807, 2.05) is 6.07 Å². The second kappa shape index (κ2) is 3.53. The lowest BCUT2D eigenvalue weighted by Gasteiger charge is -2.22.